The third-order valence-corrected chi connectivity index (χ3v) is 3.27. The Balaban J connectivity index is 2.30. The molecular weight excluding hydrogens is 220 g/mol. The second-order valence-corrected chi connectivity index (χ2v) is 5.08. The Morgan fingerprint density at radius 1 is 1.06 bits per heavy atom. The van der Waals surface area contributed by atoms with Crippen LogP contribution in [-0.4, -0.2) is 12.6 Å². The maximum Gasteiger partial charge on any atom is 0.0340 e. The normalized spacial score (nSPS) is 12.4. The largest absolute Gasteiger partial charge is 0.383 e. The first-order valence-electron chi connectivity index (χ1n) is 7.34. The Morgan fingerprint density at radius 2 is 1.72 bits per heavy atom. The standard InChI is InChI=1S/C16H28N2/c1-3-5-7-14-9-11-16(12-10-14)18-13-15(17)8-6-4-2/h9-12,15,18H,3-8,13,17H2,1-2H3. The Bertz CT molecular complexity index is 305. The van der Waals surface area contributed by atoms with E-state index < -0.39 is 0 Å². The number of hydrogen-bond donors (Lipinski definition) is 2. The lowest BCUT2D eigenvalue weighted by atomic mass is 10.1. The van der Waals surface area contributed by atoms with E-state index in [-0.39, 0.29) is 6.04 Å². The van der Waals surface area contributed by atoms with Crippen molar-refractivity contribution in [3.05, 3.63) is 29.8 Å². The third-order valence-electron chi connectivity index (χ3n) is 3.27. The molecule has 0 radical (unpaired) electrons. The molecule has 0 aliphatic heterocycles. The predicted octanol–water partition coefficient (Wildman–Crippen LogP) is 3.96. The Morgan fingerprint density at radius 3 is 2.33 bits per heavy atom. The summed E-state index contributed by atoms with van der Waals surface area (Å²) in [5, 5.41) is 3.41. The summed E-state index contributed by atoms with van der Waals surface area (Å²) in [5.41, 5.74) is 8.65. The van der Waals surface area contributed by atoms with Crippen molar-refractivity contribution < 1.29 is 0 Å². The van der Waals surface area contributed by atoms with E-state index in [1.807, 2.05) is 0 Å². The van der Waals surface area contributed by atoms with Crippen LogP contribution in [0.3, 0.4) is 0 Å². The number of aryl methyl sites for hydroxylation is 1. The fraction of sp³-hybridized carbons (Fsp3) is 0.625. The highest BCUT2D eigenvalue weighted by molar-refractivity contribution is 5.44. The van der Waals surface area contributed by atoms with Crippen LogP contribution in [0.4, 0.5) is 5.69 Å². The molecule has 1 atom stereocenters. The lowest BCUT2D eigenvalue weighted by molar-refractivity contribution is 0.596. The molecule has 2 nitrogen and oxygen atoms in total. The molecule has 0 bridgehead atoms. The molecule has 18 heavy (non-hydrogen) atoms. The van der Waals surface area contributed by atoms with Gasteiger partial charge in [-0.3, -0.25) is 0 Å². The van der Waals surface area contributed by atoms with Crippen molar-refractivity contribution >= 4 is 5.69 Å². The zero-order valence-electron chi connectivity index (χ0n) is 11.9. The molecule has 0 heterocycles. The van der Waals surface area contributed by atoms with Crippen LogP contribution >= 0.6 is 0 Å². The van der Waals surface area contributed by atoms with Gasteiger partial charge in [-0.15, -0.1) is 0 Å². The average molecular weight is 248 g/mol. The first-order chi connectivity index (χ1) is 8.76. The third kappa shape index (κ3) is 6.06. The Labute approximate surface area is 112 Å². The van der Waals surface area contributed by atoms with Gasteiger partial charge in [0.15, 0.2) is 0 Å². The molecular formula is C16H28N2. The van der Waals surface area contributed by atoms with E-state index in [1.54, 1.807) is 0 Å². The highest BCUT2D eigenvalue weighted by Crippen LogP contribution is 2.12. The lowest BCUT2D eigenvalue weighted by Gasteiger charge is -2.13. The van der Waals surface area contributed by atoms with Gasteiger partial charge in [0.1, 0.15) is 0 Å². The Kier molecular flexibility index (Phi) is 7.51. The summed E-state index contributed by atoms with van der Waals surface area (Å²) >= 11 is 0. The van der Waals surface area contributed by atoms with Crippen LogP contribution in [0, 0.1) is 0 Å². The van der Waals surface area contributed by atoms with Crippen molar-refractivity contribution in [1.29, 1.82) is 0 Å². The predicted molar refractivity (Wildman–Crippen MR) is 81.0 cm³/mol. The van der Waals surface area contributed by atoms with Crippen LogP contribution in [0.5, 0.6) is 0 Å². The van der Waals surface area contributed by atoms with Gasteiger partial charge in [-0.25, -0.2) is 0 Å². The van der Waals surface area contributed by atoms with Crippen molar-refractivity contribution in [2.75, 3.05) is 11.9 Å². The average Bonchev–Trinajstić information content (AvgIpc) is 2.41. The summed E-state index contributed by atoms with van der Waals surface area (Å²) in [7, 11) is 0. The second kappa shape index (κ2) is 8.98. The van der Waals surface area contributed by atoms with E-state index in [1.165, 1.54) is 43.4 Å². The van der Waals surface area contributed by atoms with Crippen LogP contribution in [0.25, 0.3) is 0 Å². The first-order valence-corrected chi connectivity index (χ1v) is 7.34. The van der Waals surface area contributed by atoms with Crippen LogP contribution < -0.4 is 11.1 Å². The molecule has 0 aromatic heterocycles. The maximum absolute atomic E-state index is 6.04. The van der Waals surface area contributed by atoms with Crippen molar-refractivity contribution in [2.45, 2.75) is 58.4 Å². The molecule has 0 spiro atoms. The van der Waals surface area contributed by atoms with Crippen molar-refractivity contribution in [3.63, 3.8) is 0 Å². The van der Waals surface area contributed by atoms with Gasteiger partial charge < -0.3 is 11.1 Å². The number of anilines is 1. The molecule has 3 N–H and O–H groups in total. The van der Waals surface area contributed by atoms with Crippen LogP contribution in [-0.2, 0) is 6.42 Å². The fourth-order valence-electron chi connectivity index (χ4n) is 1.99. The molecule has 0 aliphatic rings. The molecule has 1 aromatic carbocycles. The maximum atomic E-state index is 6.04. The second-order valence-electron chi connectivity index (χ2n) is 5.08. The zero-order valence-corrected chi connectivity index (χ0v) is 11.9. The molecule has 0 saturated carbocycles. The minimum absolute atomic E-state index is 0.268. The van der Waals surface area contributed by atoms with E-state index in [2.05, 4.69) is 43.4 Å². The van der Waals surface area contributed by atoms with Gasteiger partial charge in [0.25, 0.3) is 0 Å². The molecule has 0 fully saturated rings. The van der Waals surface area contributed by atoms with Crippen molar-refractivity contribution in [2.24, 2.45) is 5.73 Å². The monoisotopic (exact) mass is 248 g/mol. The number of rotatable bonds is 9. The van der Waals surface area contributed by atoms with Gasteiger partial charge in [-0.05, 0) is 37.0 Å². The smallest absolute Gasteiger partial charge is 0.0340 e. The fourth-order valence-corrected chi connectivity index (χ4v) is 1.99. The van der Waals surface area contributed by atoms with E-state index in [0.29, 0.717) is 0 Å². The van der Waals surface area contributed by atoms with Gasteiger partial charge in [0, 0.05) is 18.3 Å². The first kappa shape index (κ1) is 15.0. The SMILES string of the molecule is CCCCc1ccc(NCC(N)CCCC)cc1. The molecule has 0 aliphatic carbocycles. The highest BCUT2D eigenvalue weighted by atomic mass is 14.9. The summed E-state index contributed by atoms with van der Waals surface area (Å²) in [6.45, 7) is 5.30. The van der Waals surface area contributed by atoms with Gasteiger partial charge in [-0.2, -0.15) is 0 Å². The Hall–Kier alpha value is -1.02. The molecule has 1 aromatic rings. The van der Waals surface area contributed by atoms with Gasteiger partial charge >= 0.3 is 0 Å². The minimum atomic E-state index is 0.268. The number of unbranched alkanes of at least 4 members (excludes halogenated alkanes) is 2. The van der Waals surface area contributed by atoms with Crippen molar-refractivity contribution in [1.82, 2.24) is 0 Å². The number of hydrogen-bond acceptors (Lipinski definition) is 2. The van der Waals surface area contributed by atoms with Crippen LogP contribution in [0.2, 0.25) is 0 Å². The zero-order chi connectivity index (χ0) is 13.2. The molecule has 102 valence electrons. The minimum Gasteiger partial charge on any atom is -0.383 e. The molecule has 1 unspecified atom stereocenters. The highest BCUT2D eigenvalue weighted by Gasteiger charge is 2.01. The van der Waals surface area contributed by atoms with Crippen molar-refractivity contribution in [3.8, 4) is 0 Å². The molecule has 0 amide bonds. The molecule has 2 heteroatoms. The quantitative estimate of drug-likeness (QED) is 0.694. The van der Waals surface area contributed by atoms with Crippen LogP contribution in [0.15, 0.2) is 24.3 Å². The topological polar surface area (TPSA) is 38.0 Å². The molecule has 1 rings (SSSR count). The number of nitrogens with one attached hydrogen (secondary N) is 1. The summed E-state index contributed by atoms with van der Waals surface area (Å²) in [6, 6.07) is 9.03. The van der Waals surface area contributed by atoms with E-state index in [4.69, 9.17) is 5.73 Å². The number of benzene rings is 1. The van der Waals surface area contributed by atoms with Gasteiger partial charge in [-0.1, -0.05) is 45.2 Å². The number of nitrogens with two attached hydrogens (primary N) is 1. The van der Waals surface area contributed by atoms with Gasteiger partial charge in [0.2, 0.25) is 0 Å². The molecule has 0 saturated heterocycles. The summed E-state index contributed by atoms with van der Waals surface area (Å²) in [5.74, 6) is 0. The van der Waals surface area contributed by atoms with E-state index >= 15 is 0 Å². The summed E-state index contributed by atoms with van der Waals surface area (Å²) in [4.78, 5) is 0. The van der Waals surface area contributed by atoms with Gasteiger partial charge in [0.05, 0.1) is 0 Å². The summed E-state index contributed by atoms with van der Waals surface area (Å²) < 4.78 is 0. The van der Waals surface area contributed by atoms with E-state index in [0.717, 1.165) is 13.0 Å². The summed E-state index contributed by atoms with van der Waals surface area (Å²) in [6.07, 6.45) is 7.27. The lowest BCUT2D eigenvalue weighted by Crippen LogP contribution is -2.28. The van der Waals surface area contributed by atoms with E-state index in [9.17, 15) is 0 Å². The van der Waals surface area contributed by atoms with Crippen LogP contribution in [0.1, 0.15) is 51.5 Å².